The molecule has 106 valence electrons. The van der Waals surface area contributed by atoms with Crippen LogP contribution in [0.15, 0.2) is 36.7 Å². The molecule has 1 aliphatic rings. The second kappa shape index (κ2) is 5.71. The van der Waals surface area contributed by atoms with Crippen LogP contribution in [-0.2, 0) is 19.5 Å². The molecular weight excluding hydrogens is 248 g/mol. The minimum atomic E-state index is 0.256. The molecule has 1 unspecified atom stereocenters. The molecule has 0 bridgehead atoms. The molecule has 20 heavy (non-hydrogen) atoms. The first-order valence-corrected chi connectivity index (χ1v) is 7.36. The van der Waals surface area contributed by atoms with Gasteiger partial charge in [0.15, 0.2) is 0 Å². The highest BCUT2D eigenvalue weighted by atomic mass is 16.5. The molecular formula is C17H22N2O. The first kappa shape index (κ1) is 13.3. The van der Waals surface area contributed by atoms with Gasteiger partial charge in [0.2, 0.25) is 0 Å². The zero-order valence-corrected chi connectivity index (χ0v) is 12.2. The lowest BCUT2D eigenvalue weighted by Gasteiger charge is -2.11. The van der Waals surface area contributed by atoms with Crippen molar-refractivity contribution in [3.63, 3.8) is 0 Å². The lowest BCUT2D eigenvalue weighted by molar-refractivity contribution is 0.209. The Kier molecular flexibility index (Phi) is 3.79. The number of hydrogen-bond acceptors (Lipinski definition) is 2. The number of nitrogens with one attached hydrogen (secondary N) is 1. The molecule has 0 aliphatic carbocycles. The number of nitrogens with zero attached hydrogens (tertiary/aromatic N) is 1. The minimum Gasteiger partial charge on any atom is -0.488 e. The predicted octanol–water partition coefficient (Wildman–Crippen LogP) is 2.91. The minimum absolute atomic E-state index is 0.256. The van der Waals surface area contributed by atoms with E-state index in [4.69, 9.17) is 4.74 Å². The highest BCUT2D eigenvalue weighted by molar-refractivity contribution is 5.40. The van der Waals surface area contributed by atoms with Gasteiger partial charge in [-0.3, -0.25) is 0 Å². The Hall–Kier alpha value is -1.74. The number of aromatic nitrogens is 1. The van der Waals surface area contributed by atoms with Gasteiger partial charge in [-0.05, 0) is 36.7 Å². The first-order chi connectivity index (χ1) is 9.74. The molecule has 1 aromatic heterocycles. The third-order valence-corrected chi connectivity index (χ3v) is 3.76. The molecule has 0 amide bonds. The maximum atomic E-state index is 6.02. The molecule has 0 radical (unpaired) electrons. The molecule has 0 fully saturated rings. The summed E-state index contributed by atoms with van der Waals surface area (Å²) in [5.41, 5.74) is 3.98. The molecule has 2 heterocycles. The highest BCUT2D eigenvalue weighted by Crippen LogP contribution is 2.30. The molecule has 0 saturated carbocycles. The summed E-state index contributed by atoms with van der Waals surface area (Å²) >= 11 is 0. The van der Waals surface area contributed by atoms with Gasteiger partial charge >= 0.3 is 0 Å². The Bertz CT molecular complexity index is 588. The van der Waals surface area contributed by atoms with Gasteiger partial charge < -0.3 is 14.6 Å². The van der Waals surface area contributed by atoms with Crippen molar-refractivity contribution >= 4 is 0 Å². The normalized spacial score (nSPS) is 17.0. The lowest BCUT2D eigenvalue weighted by atomic mass is 10.1. The van der Waals surface area contributed by atoms with Gasteiger partial charge in [0.25, 0.3) is 0 Å². The van der Waals surface area contributed by atoms with Gasteiger partial charge in [0.1, 0.15) is 11.9 Å². The Morgan fingerprint density at radius 2 is 2.25 bits per heavy atom. The Morgan fingerprint density at radius 3 is 3.10 bits per heavy atom. The summed E-state index contributed by atoms with van der Waals surface area (Å²) in [6, 6.07) is 8.62. The monoisotopic (exact) mass is 270 g/mol. The average molecular weight is 270 g/mol. The van der Waals surface area contributed by atoms with Gasteiger partial charge in [-0.25, -0.2) is 0 Å². The van der Waals surface area contributed by atoms with Gasteiger partial charge in [0, 0.05) is 25.4 Å². The summed E-state index contributed by atoms with van der Waals surface area (Å²) in [6.45, 7) is 7.12. The highest BCUT2D eigenvalue weighted by Gasteiger charge is 2.22. The number of benzene rings is 1. The van der Waals surface area contributed by atoms with E-state index in [9.17, 15) is 0 Å². The zero-order valence-electron chi connectivity index (χ0n) is 12.2. The van der Waals surface area contributed by atoms with Crippen LogP contribution in [0.3, 0.4) is 0 Å². The van der Waals surface area contributed by atoms with Crippen molar-refractivity contribution in [2.75, 3.05) is 6.54 Å². The SMILES string of the molecule is CCNCc1ccn(CC2Cc3cc(C)ccc3O2)c1. The molecule has 3 nitrogen and oxygen atoms in total. The van der Waals surface area contributed by atoms with Crippen molar-refractivity contribution in [3.8, 4) is 5.75 Å². The van der Waals surface area contributed by atoms with Crippen LogP contribution in [0.1, 0.15) is 23.6 Å². The Labute approximate surface area is 120 Å². The maximum absolute atomic E-state index is 6.02. The van der Waals surface area contributed by atoms with Crippen LogP contribution in [-0.4, -0.2) is 17.2 Å². The molecule has 3 heteroatoms. The molecule has 1 aromatic carbocycles. The second-order valence-electron chi connectivity index (χ2n) is 5.55. The Balaban J connectivity index is 1.61. The third-order valence-electron chi connectivity index (χ3n) is 3.76. The maximum Gasteiger partial charge on any atom is 0.123 e. The van der Waals surface area contributed by atoms with E-state index in [-0.39, 0.29) is 6.10 Å². The van der Waals surface area contributed by atoms with Crippen LogP contribution in [0.4, 0.5) is 0 Å². The fourth-order valence-electron chi connectivity index (χ4n) is 2.76. The van der Waals surface area contributed by atoms with Crippen LogP contribution < -0.4 is 10.1 Å². The quantitative estimate of drug-likeness (QED) is 0.904. The van der Waals surface area contributed by atoms with Crippen molar-refractivity contribution in [1.82, 2.24) is 9.88 Å². The van der Waals surface area contributed by atoms with Crippen LogP contribution in [0.25, 0.3) is 0 Å². The molecule has 3 rings (SSSR count). The van der Waals surface area contributed by atoms with Gasteiger partial charge in [-0.2, -0.15) is 0 Å². The van der Waals surface area contributed by atoms with Gasteiger partial charge in [-0.15, -0.1) is 0 Å². The number of hydrogen-bond donors (Lipinski definition) is 1. The fraction of sp³-hybridized carbons (Fsp3) is 0.412. The van der Waals surface area contributed by atoms with E-state index in [1.54, 1.807) is 0 Å². The smallest absolute Gasteiger partial charge is 0.123 e. The van der Waals surface area contributed by atoms with Crippen LogP contribution in [0.5, 0.6) is 5.75 Å². The summed E-state index contributed by atoms with van der Waals surface area (Å²) in [5.74, 6) is 1.06. The van der Waals surface area contributed by atoms with E-state index >= 15 is 0 Å². The average Bonchev–Trinajstić information content (AvgIpc) is 3.02. The van der Waals surface area contributed by atoms with E-state index in [1.807, 2.05) is 0 Å². The second-order valence-corrected chi connectivity index (χ2v) is 5.55. The van der Waals surface area contributed by atoms with Gasteiger partial charge in [-0.1, -0.05) is 24.6 Å². The summed E-state index contributed by atoms with van der Waals surface area (Å²) in [5, 5.41) is 3.35. The van der Waals surface area contributed by atoms with Crippen LogP contribution in [0.2, 0.25) is 0 Å². The van der Waals surface area contributed by atoms with Crippen molar-refractivity contribution in [3.05, 3.63) is 53.3 Å². The van der Waals surface area contributed by atoms with E-state index in [1.165, 1.54) is 16.7 Å². The van der Waals surface area contributed by atoms with E-state index in [0.717, 1.165) is 31.8 Å². The first-order valence-electron chi connectivity index (χ1n) is 7.36. The zero-order chi connectivity index (χ0) is 13.9. The molecule has 0 saturated heterocycles. The molecule has 1 aliphatic heterocycles. The fourth-order valence-corrected chi connectivity index (χ4v) is 2.76. The molecule has 1 atom stereocenters. The number of rotatable bonds is 5. The number of aryl methyl sites for hydroxylation is 1. The van der Waals surface area contributed by atoms with E-state index < -0.39 is 0 Å². The van der Waals surface area contributed by atoms with E-state index in [2.05, 4.69) is 60.4 Å². The van der Waals surface area contributed by atoms with Crippen molar-refractivity contribution in [2.24, 2.45) is 0 Å². The summed E-state index contributed by atoms with van der Waals surface area (Å²) in [6.07, 6.45) is 5.62. The molecule has 0 spiro atoms. The molecule has 1 N–H and O–H groups in total. The number of ether oxygens (including phenoxy) is 1. The lowest BCUT2D eigenvalue weighted by Crippen LogP contribution is -2.20. The summed E-state index contributed by atoms with van der Waals surface area (Å²) in [7, 11) is 0. The third kappa shape index (κ3) is 2.88. The topological polar surface area (TPSA) is 26.2 Å². The standard InChI is InChI=1S/C17H22N2O/c1-3-18-10-14-6-7-19(11-14)12-16-9-15-8-13(2)4-5-17(15)20-16/h4-8,11,16,18H,3,9-10,12H2,1-2H3. The predicted molar refractivity (Wildman–Crippen MR) is 81.1 cm³/mol. The van der Waals surface area contributed by atoms with Crippen molar-refractivity contribution < 1.29 is 4.74 Å². The summed E-state index contributed by atoms with van der Waals surface area (Å²) < 4.78 is 8.25. The van der Waals surface area contributed by atoms with Gasteiger partial charge in [0.05, 0.1) is 6.54 Å². The largest absolute Gasteiger partial charge is 0.488 e. The van der Waals surface area contributed by atoms with Crippen LogP contribution in [0, 0.1) is 6.92 Å². The summed E-state index contributed by atoms with van der Waals surface area (Å²) in [4.78, 5) is 0. The van der Waals surface area contributed by atoms with E-state index in [0.29, 0.717) is 0 Å². The van der Waals surface area contributed by atoms with Crippen molar-refractivity contribution in [1.29, 1.82) is 0 Å². The molecule has 2 aromatic rings. The number of fused-ring (bicyclic) bond motifs is 1. The van der Waals surface area contributed by atoms with Crippen LogP contribution >= 0.6 is 0 Å². The van der Waals surface area contributed by atoms with Crippen molar-refractivity contribution in [2.45, 2.75) is 39.5 Å². The Morgan fingerprint density at radius 1 is 1.35 bits per heavy atom.